The van der Waals surface area contributed by atoms with E-state index in [0.29, 0.717) is 0 Å². The van der Waals surface area contributed by atoms with E-state index >= 15 is 0 Å². The lowest BCUT2D eigenvalue weighted by Crippen LogP contribution is -2.49. The normalized spacial score (nSPS) is 35.0. The van der Waals surface area contributed by atoms with Gasteiger partial charge >= 0.3 is 0 Å². The highest BCUT2D eigenvalue weighted by atomic mass is 14.5. The molecule has 1 aliphatic rings. The van der Waals surface area contributed by atoms with Crippen LogP contribution < -0.4 is 0 Å². The molecule has 0 N–H and O–H groups in total. The van der Waals surface area contributed by atoms with Crippen molar-refractivity contribution >= 4 is 0 Å². The number of rotatable bonds is 8. The lowest BCUT2D eigenvalue weighted by Gasteiger charge is -2.55. The molecule has 0 aromatic rings. The molecule has 0 bridgehead atoms. The van der Waals surface area contributed by atoms with Crippen molar-refractivity contribution in [1.29, 1.82) is 0 Å². The van der Waals surface area contributed by atoms with Gasteiger partial charge in [0, 0.05) is 0 Å². The van der Waals surface area contributed by atoms with Gasteiger partial charge in [0.2, 0.25) is 0 Å². The van der Waals surface area contributed by atoms with Crippen molar-refractivity contribution in [3.8, 4) is 0 Å². The molecule has 1 fully saturated rings. The molecule has 0 aromatic carbocycles. The fourth-order valence-electron chi connectivity index (χ4n) is 4.84. The van der Waals surface area contributed by atoms with Gasteiger partial charge in [0.05, 0.1) is 0 Å². The summed E-state index contributed by atoms with van der Waals surface area (Å²) in [6.45, 7) is 14.7. The Balaban J connectivity index is 2.43. The minimum absolute atomic E-state index is 0.949. The van der Waals surface area contributed by atoms with Crippen molar-refractivity contribution in [1.82, 2.24) is 0 Å². The van der Waals surface area contributed by atoms with Gasteiger partial charge in [-0.1, -0.05) is 80.1 Å². The Bertz CT molecular complexity index is 188. The minimum Gasteiger partial charge on any atom is -0.0654 e. The molecule has 1 saturated carbocycles. The van der Waals surface area contributed by atoms with Crippen LogP contribution in [-0.4, -0.2) is 0 Å². The highest BCUT2D eigenvalue weighted by Gasteiger charge is 2.48. The van der Waals surface area contributed by atoms with Crippen LogP contribution in [-0.2, 0) is 0 Å². The molecule has 2 atom stereocenters. The third kappa shape index (κ3) is 3.52. The van der Waals surface area contributed by atoms with Crippen molar-refractivity contribution < 1.29 is 0 Å². The molecule has 108 valence electrons. The molecule has 1 rings (SSSR count). The van der Waals surface area contributed by atoms with Crippen molar-refractivity contribution in [3.05, 3.63) is 0 Å². The second-order valence-corrected chi connectivity index (χ2v) is 7.11. The average Bonchev–Trinajstić information content (AvgIpc) is 2.34. The first-order valence-corrected chi connectivity index (χ1v) is 8.54. The molecule has 0 heteroatoms. The fraction of sp³-hybridized carbons (Fsp3) is 1.00. The molecule has 0 spiro atoms. The van der Waals surface area contributed by atoms with E-state index in [-0.39, 0.29) is 0 Å². The van der Waals surface area contributed by atoms with Crippen LogP contribution in [0, 0.1) is 35.5 Å². The van der Waals surface area contributed by atoms with E-state index in [4.69, 9.17) is 0 Å². The summed E-state index contributed by atoms with van der Waals surface area (Å²) in [6.07, 6.45) is 8.46. The van der Waals surface area contributed by atoms with Crippen molar-refractivity contribution in [3.63, 3.8) is 0 Å². The molecule has 0 aromatic heterocycles. The third-order valence-corrected chi connectivity index (χ3v) is 5.77. The van der Waals surface area contributed by atoms with Crippen LogP contribution in [0.1, 0.15) is 80.1 Å². The van der Waals surface area contributed by atoms with Gasteiger partial charge in [-0.3, -0.25) is 0 Å². The Morgan fingerprint density at radius 3 is 1.33 bits per heavy atom. The van der Waals surface area contributed by atoms with Crippen molar-refractivity contribution in [2.45, 2.75) is 80.1 Å². The Morgan fingerprint density at radius 1 is 0.722 bits per heavy atom. The zero-order valence-electron chi connectivity index (χ0n) is 13.7. The van der Waals surface area contributed by atoms with Crippen LogP contribution in [0.4, 0.5) is 0 Å². The third-order valence-electron chi connectivity index (χ3n) is 5.77. The summed E-state index contributed by atoms with van der Waals surface area (Å²) in [7, 11) is 0. The number of hydrogen-bond acceptors (Lipinski definition) is 0. The van der Waals surface area contributed by atoms with Crippen LogP contribution in [0.25, 0.3) is 0 Å². The quantitative estimate of drug-likeness (QED) is 0.485. The van der Waals surface area contributed by atoms with E-state index in [1.165, 1.54) is 38.5 Å². The summed E-state index contributed by atoms with van der Waals surface area (Å²) in [5, 5.41) is 0. The Labute approximate surface area is 116 Å². The number of hydrogen-bond donors (Lipinski definition) is 0. The summed E-state index contributed by atoms with van der Waals surface area (Å²) in [6, 6.07) is 0. The first kappa shape index (κ1) is 16.1. The van der Waals surface area contributed by atoms with E-state index in [1.807, 2.05) is 0 Å². The maximum Gasteiger partial charge on any atom is -0.0331 e. The molecular formula is C18H36. The summed E-state index contributed by atoms with van der Waals surface area (Å²) in [5.41, 5.74) is 0. The van der Waals surface area contributed by atoms with E-state index in [2.05, 4.69) is 41.5 Å². The first-order valence-electron chi connectivity index (χ1n) is 8.54. The SMILES string of the molecule is CCCCC(C)C1C(C)C(C(C)CCCC)C1C. The predicted octanol–water partition coefficient (Wildman–Crippen LogP) is 6.16. The summed E-state index contributed by atoms with van der Waals surface area (Å²) in [4.78, 5) is 0. The lowest BCUT2D eigenvalue weighted by atomic mass is 9.50. The molecule has 0 nitrogen and oxygen atoms in total. The van der Waals surface area contributed by atoms with Crippen LogP contribution in [0.15, 0.2) is 0 Å². The second-order valence-electron chi connectivity index (χ2n) is 7.11. The fourth-order valence-corrected chi connectivity index (χ4v) is 4.84. The summed E-state index contributed by atoms with van der Waals surface area (Å²) in [5.74, 6) is 5.85. The van der Waals surface area contributed by atoms with Gasteiger partial charge in [0.15, 0.2) is 0 Å². The van der Waals surface area contributed by atoms with Gasteiger partial charge in [0.25, 0.3) is 0 Å². The summed E-state index contributed by atoms with van der Waals surface area (Å²) >= 11 is 0. The Morgan fingerprint density at radius 2 is 1.06 bits per heavy atom. The van der Waals surface area contributed by atoms with Gasteiger partial charge in [-0.05, 0) is 35.5 Å². The molecule has 0 saturated heterocycles. The van der Waals surface area contributed by atoms with Crippen LogP contribution in [0.5, 0.6) is 0 Å². The largest absolute Gasteiger partial charge is 0.0654 e. The van der Waals surface area contributed by atoms with Crippen LogP contribution in [0.2, 0.25) is 0 Å². The zero-order chi connectivity index (χ0) is 13.7. The Hall–Kier alpha value is 0. The van der Waals surface area contributed by atoms with E-state index < -0.39 is 0 Å². The minimum atomic E-state index is 0.949. The second kappa shape index (κ2) is 7.56. The lowest BCUT2D eigenvalue weighted by molar-refractivity contribution is -0.0682. The molecule has 0 heterocycles. The van der Waals surface area contributed by atoms with Gasteiger partial charge < -0.3 is 0 Å². The molecule has 0 amide bonds. The van der Waals surface area contributed by atoms with E-state index in [9.17, 15) is 0 Å². The topological polar surface area (TPSA) is 0 Å². The molecule has 18 heavy (non-hydrogen) atoms. The molecule has 1 aliphatic carbocycles. The predicted molar refractivity (Wildman–Crippen MR) is 82.7 cm³/mol. The maximum absolute atomic E-state index is 2.53. The van der Waals surface area contributed by atoms with Gasteiger partial charge in [-0.2, -0.15) is 0 Å². The van der Waals surface area contributed by atoms with Crippen LogP contribution >= 0.6 is 0 Å². The first-order chi connectivity index (χ1) is 8.54. The van der Waals surface area contributed by atoms with Crippen LogP contribution in [0.3, 0.4) is 0 Å². The van der Waals surface area contributed by atoms with Crippen molar-refractivity contribution in [2.75, 3.05) is 0 Å². The number of unbranched alkanes of at least 4 members (excludes halogenated alkanes) is 2. The standard InChI is InChI=1S/C18H36/c1-7-9-11-13(3)17-15(5)18(16(17)6)14(4)12-10-8-2/h13-18H,7-12H2,1-6H3. The van der Waals surface area contributed by atoms with E-state index in [1.54, 1.807) is 0 Å². The smallest absolute Gasteiger partial charge is 0.0331 e. The zero-order valence-corrected chi connectivity index (χ0v) is 13.7. The highest BCUT2D eigenvalue weighted by molar-refractivity contribution is 4.96. The van der Waals surface area contributed by atoms with Crippen molar-refractivity contribution in [2.24, 2.45) is 35.5 Å². The molecule has 2 unspecified atom stereocenters. The Kier molecular flexibility index (Phi) is 6.74. The summed E-state index contributed by atoms with van der Waals surface area (Å²) < 4.78 is 0. The molecular weight excluding hydrogens is 216 g/mol. The maximum atomic E-state index is 2.53. The van der Waals surface area contributed by atoms with Gasteiger partial charge in [-0.15, -0.1) is 0 Å². The highest BCUT2D eigenvalue weighted by Crippen LogP contribution is 2.54. The van der Waals surface area contributed by atoms with Gasteiger partial charge in [-0.25, -0.2) is 0 Å². The monoisotopic (exact) mass is 252 g/mol. The average molecular weight is 252 g/mol. The molecule has 0 aliphatic heterocycles. The molecule has 0 radical (unpaired) electrons. The van der Waals surface area contributed by atoms with E-state index in [0.717, 1.165) is 35.5 Å². The van der Waals surface area contributed by atoms with Gasteiger partial charge in [0.1, 0.15) is 0 Å².